The summed E-state index contributed by atoms with van der Waals surface area (Å²) in [4.78, 5) is 12.7. The second kappa shape index (κ2) is 7.72. The first-order chi connectivity index (χ1) is 14.6. The highest BCUT2D eigenvalue weighted by Crippen LogP contribution is 2.35. The van der Waals surface area contributed by atoms with E-state index < -0.39 is 0 Å². The normalized spacial score (nSPS) is 21.4. The number of nitrogens with one attached hydrogen (secondary N) is 2. The molecule has 1 saturated carbocycles. The first-order valence-electron chi connectivity index (χ1n) is 10.4. The Bertz CT molecular complexity index is 959. The Morgan fingerprint density at radius 2 is 1.97 bits per heavy atom. The highest BCUT2D eigenvalue weighted by atomic mass is 16.7. The number of amides is 1. The van der Waals surface area contributed by atoms with Gasteiger partial charge in [-0.1, -0.05) is 6.07 Å². The van der Waals surface area contributed by atoms with Crippen LogP contribution >= 0.6 is 0 Å². The third-order valence-corrected chi connectivity index (χ3v) is 5.59. The maximum absolute atomic E-state index is 12.7. The molecule has 1 fully saturated rings. The molecule has 0 aromatic heterocycles. The zero-order valence-corrected chi connectivity index (χ0v) is 17.0. The lowest BCUT2D eigenvalue weighted by atomic mass is 10.0. The van der Waals surface area contributed by atoms with Crippen LogP contribution in [0.15, 0.2) is 36.4 Å². The van der Waals surface area contributed by atoms with Gasteiger partial charge in [-0.3, -0.25) is 4.79 Å². The van der Waals surface area contributed by atoms with Gasteiger partial charge in [0.05, 0.1) is 17.8 Å². The van der Waals surface area contributed by atoms with Crippen LogP contribution in [0.5, 0.6) is 17.2 Å². The van der Waals surface area contributed by atoms with E-state index in [1.165, 1.54) is 12.8 Å². The topological polar surface area (TPSA) is 78.1 Å². The molecule has 7 heteroatoms. The van der Waals surface area contributed by atoms with Crippen LogP contribution in [0.2, 0.25) is 0 Å². The Morgan fingerprint density at radius 3 is 2.83 bits per heavy atom. The molecule has 0 saturated heterocycles. The summed E-state index contributed by atoms with van der Waals surface area (Å²) in [6.45, 7) is 4.63. The van der Waals surface area contributed by atoms with E-state index >= 15 is 0 Å². The fraction of sp³-hybridized carbons (Fsp3) is 0.435. The Hall–Kier alpha value is -2.93. The van der Waals surface area contributed by atoms with E-state index in [4.69, 9.17) is 18.9 Å². The van der Waals surface area contributed by atoms with Crippen molar-refractivity contribution in [3.8, 4) is 17.2 Å². The standard InChI is InChI=1S/C23H26N2O5/c1-23(12-27-11-15-2-3-15)13-28-19-7-5-17(9-18(19)25-23)22(26)24-10-16-4-6-20-21(8-16)30-14-29-20/h4-9,15,25H,2-3,10-14H2,1H3,(H,24,26). The minimum Gasteiger partial charge on any atom is -0.489 e. The van der Waals surface area contributed by atoms with Crippen LogP contribution in [0.3, 0.4) is 0 Å². The molecule has 1 aliphatic carbocycles. The second-order valence-electron chi connectivity index (χ2n) is 8.51. The van der Waals surface area contributed by atoms with E-state index in [-0.39, 0.29) is 18.2 Å². The number of fused-ring (bicyclic) bond motifs is 2. The van der Waals surface area contributed by atoms with Crippen molar-refractivity contribution in [2.24, 2.45) is 5.92 Å². The SMILES string of the molecule is CC1(COCC2CC2)COc2ccc(C(=O)NCc3ccc4c(c3)OCO4)cc2N1. The van der Waals surface area contributed by atoms with E-state index in [9.17, 15) is 4.79 Å². The van der Waals surface area contributed by atoms with Crippen molar-refractivity contribution in [1.29, 1.82) is 0 Å². The molecule has 0 bridgehead atoms. The molecule has 7 nitrogen and oxygen atoms in total. The lowest BCUT2D eigenvalue weighted by molar-refractivity contribution is 0.0667. The average Bonchev–Trinajstić information content (AvgIpc) is 3.45. The van der Waals surface area contributed by atoms with Gasteiger partial charge in [-0.15, -0.1) is 0 Å². The summed E-state index contributed by atoms with van der Waals surface area (Å²) in [5.74, 6) is 2.78. The van der Waals surface area contributed by atoms with Crippen LogP contribution < -0.4 is 24.8 Å². The van der Waals surface area contributed by atoms with Crippen molar-refractivity contribution in [2.45, 2.75) is 31.8 Å². The number of benzene rings is 2. The molecule has 1 atom stereocenters. The zero-order valence-electron chi connectivity index (χ0n) is 17.0. The van der Waals surface area contributed by atoms with Gasteiger partial charge >= 0.3 is 0 Å². The Kier molecular flexibility index (Phi) is 4.90. The molecule has 2 aromatic carbocycles. The Labute approximate surface area is 175 Å². The molecule has 0 radical (unpaired) electrons. The van der Waals surface area contributed by atoms with E-state index in [2.05, 4.69) is 17.6 Å². The highest BCUT2D eigenvalue weighted by molar-refractivity contribution is 5.95. The van der Waals surface area contributed by atoms with Gasteiger partial charge in [0.1, 0.15) is 12.4 Å². The summed E-state index contributed by atoms with van der Waals surface area (Å²) in [6, 6.07) is 11.1. The third-order valence-electron chi connectivity index (χ3n) is 5.59. The smallest absolute Gasteiger partial charge is 0.251 e. The molecule has 3 aliphatic rings. The molecule has 1 unspecified atom stereocenters. The fourth-order valence-corrected chi connectivity index (χ4v) is 3.64. The predicted octanol–water partition coefficient (Wildman–Crippen LogP) is 3.33. The summed E-state index contributed by atoms with van der Waals surface area (Å²) >= 11 is 0. The first-order valence-corrected chi connectivity index (χ1v) is 10.4. The monoisotopic (exact) mass is 410 g/mol. The minimum atomic E-state index is -0.316. The number of hydrogen-bond acceptors (Lipinski definition) is 6. The lowest BCUT2D eigenvalue weighted by Gasteiger charge is -2.36. The number of carbonyl (C=O) groups excluding carboxylic acids is 1. The predicted molar refractivity (Wildman–Crippen MR) is 111 cm³/mol. The summed E-state index contributed by atoms with van der Waals surface area (Å²) in [6.07, 6.45) is 2.54. The molecule has 2 N–H and O–H groups in total. The van der Waals surface area contributed by atoms with Crippen molar-refractivity contribution in [3.63, 3.8) is 0 Å². The molecule has 158 valence electrons. The molecule has 0 spiro atoms. The van der Waals surface area contributed by atoms with E-state index in [1.54, 1.807) is 6.07 Å². The van der Waals surface area contributed by atoms with Crippen molar-refractivity contribution in [2.75, 3.05) is 31.9 Å². The Morgan fingerprint density at radius 1 is 1.13 bits per heavy atom. The maximum Gasteiger partial charge on any atom is 0.251 e. The number of carbonyl (C=O) groups is 1. The average molecular weight is 410 g/mol. The molecule has 2 aliphatic heterocycles. The molecule has 2 aromatic rings. The van der Waals surface area contributed by atoms with Gasteiger partial charge in [-0.25, -0.2) is 0 Å². The highest BCUT2D eigenvalue weighted by Gasteiger charge is 2.32. The molecule has 2 heterocycles. The van der Waals surface area contributed by atoms with Gasteiger partial charge in [0.25, 0.3) is 5.91 Å². The van der Waals surface area contributed by atoms with Gasteiger partial charge in [0, 0.05) is 18.7 Å². The van der Waals surface area contributed by atoms with Crippen LogP contribution in [0, 0.1) is 5.92 Å². The first kappa shape index (κ1) is 19.1. The van der Waals surface area contributed by atoms with Crippen LogP contribution in [0.4, 0.5) is 5.69 Å². The van der Waals surface area contributed by atoms with Gasteiger partial charge in [0.15, 0.2) is 11.5 Å². The second-order valence-corrected chi connectivity index (χ2v) is 8.51. The number of rotatable bonds is 7. The molecule has 30 heavy (non-hydrogen) atoms. The van der Waals surface area contributed by atoms with Crippen molar-refractivity contribution >= 4 is 11.6 Å². The molecule has 5 rings (SSSR count). The van der Waals surface area contributed by atoms with E-state index in [1.807, 2.05) is 30.3 Å². The van der Waals surface area contributed by atoms with E-state index in [0.29, 0.717) is 31.1 Å². The van der Waals surface area contributed by atoms with Crippen molar-refractivity contribution in [1.82, 2.24) is 5.32 Å². The van der Waals surface area contributed by atoms with Gasteiger partial charge in [-0.05, 0) is 61.6 Å². The van der Waals surface area contributed by atoms with Gasteiger partial charge in [-0.2, -0.15) is 0 Å². The van der Waals surface area contributed by atoms with Crippen LogP contribution in [-0.2, 0) is 11.3 Å². The summed E-state index contributed by atoms with van der Waals surface area (Å²) < 4.78 is 22.5. The quantitative estimate of drug-likeness (QED) is 0.729. The molecule has 1 amide bonds. The van der Waals surface area contributed by atoms with Gasteiger partial charge < -0.3 is 29.6 Å². The third kappa shape index (κ3) is 4.16. The van der Waals surface area contributed by atoms with Crippen LogP contribution in [0.25, 0.3) is 0 Å². The Balaban J connectivity index is 1.21. The van der Waals surface area contributed by atoms with Crippen molar-refractivity contribution in [3.05, 3.63) is 47.5 Å². The maximum atomic E-state index is 12.7. The van der Waals surface area contributed by atoms with Crippen LogP contribution in [-0.4, -0.2) is 38.1 Å². The molecular formula is C23H26N2O5. The fourth-order valence-electron chi connectivity index (χ4n) is 3.64. The van der Waals surface area contributed by atoms with E-state index in [0.717, 1.165) is 35.3 Å². The van der Waals surface area contributed by atoms with Crippen molar-refractivity contribution < 1.29 is 23.7 Å². The summed E-state index contributed by atoms with van der Waals surface area (Å²) in [5.41, 5.74) is 2.03. The largest absolute Gasteiger partial charge is 0.489 e. The number of anilines is 1. The minimum absolute atomic E-state index is 0.144. The summed E-state index contributed by atoms with van der Waals surface area (Å²) in [5, 5.41) is 6.46. The number of hydrogen-bond donors (Lipinski definition) is 2. The molecular weight excluding hydrogens is 384 g/mol. The van der Waals surface area contributed by atoms with Crippen LogP contribution in [0.1, 0.15) is 35.7 Å². The zero-order chi connectivity index (χ0) is 20.6. The number of ether oxygens (including phenoxy) is 4. The summed E-state index contributed by atoms with van der Waals surface area (Å²) in [7, 11) is 0. The lowest BCUT2D eigenvalue weighted by Crippen LogP contribution is -2.48. The van der Waals surface area contributed by atoms with Gasteiger partial charge in [0.2, 0.25) is 6.79 Å².